The Morgan fingerprint density at radius 3 is 1.67 bits per heavy atom. The second kappa shape index (κ2) is 12.4. The highest BCUT2D eigenvalue weighted by molar-refractivity contribution is 6.13. The number of para-hydroxylation sites is 3. The molecule has 0 unspecified atom stereocenters. The van der Waals surface area contributed by atoms with Gasteiger partial charge in [-0.15, -0.1) is 0 Å². The van der Waals surface area contributed by atoms with Crippen molar-refractivity contribution in [2.24, 2.45) is 0 Å². The van der Waals surface area contributed by atoms with Crippen LogP contribution < -0.4 is 0 Å². The van der Waals surface area contributed by atoms with Gasteiger partial charge >= 0.3 is 6.18 Å². The summed E-state index contributed by atoms with van der Waals surface area (Å²) in [7, 11) is 0. The van der Waals surface area contributed by atoms with E-state index in [-0.39, 0.29) is 0 Å². The summed E-state index contributed by atoms with van der Waals surface area (Å²) in [6.45, 7) is 1.68. The van der Waals surface area contributed by atoms with Crippen molar-refractivity contribution in [3.63, 3.8) is 0 Å². The minimum atomic E-state index is -4.49. The van der Waals surface area contributed by atoms with Crippen LogP contribution in [-0.4, -0.2) is 19.1 Å². The van der Waals surface area contributed by atoms with Gasteiger partial charge in [0.25, 0.3) is 0 Å². The van der Waals surface area contributed by atoms with Gasteiger partial charge in [-0.1, -0.05) is 84.9 Å². The molecule has 8 aromatic carbocycles. The van der Waals surface area contributed by atoms with Crippen molar-refractivity contribution in [2.75, 3.05) is 0 Å². The molecule has 57 heavy (non-hydrogen) atoms. The maximum absolute atomic E-state index is 14.0. The molecular weight excluding hydrogens is 714 g/mol. The van der Waals surface area contributed by atoms with Crippen LogP contribution in [0.5, 0.6) is 0 Å². The number of aryl methyl sites for hydroxylation is 1. The third kappa shape index (κ3) is 5.23. The Labute approximate surface area is 324 Å². The fourth-order valence-electron chi connectivity index (χ4n) is 8.63. The van der Waals surface area contributed by atoms with Gasteiger partial charge < -0.3 is 9.13 Å². The van der Waals surface area contributed by atoms with E-state index in [1.807, 2.05) is 48.5 Å². The van der Waals surface area contributed by atoms with Gasteiger partial charge in [-0.2, -0.15) is 13.2 Å². The van der Waals surface area contributed by atoms with Gasteiger partial charge in [-0.05, 0) is 103 Å². The van der Waals surface area contributed by atoms with Crippen molar-refractivity contribution in [3.05, 3.63) is 181 Å². The Balaban J connectivity index is 1.07. The number of fused-ring (bicyclic) bond motifs is 9. The number of benzene rings is 8. The lowest BCUT2D eigenvalue weighted by atomic mass is 9.98. The first-order valence-electron chi connectivity index (χ1n) is 18.8. The summed E-state index contributed by atoms with van der Waals surface area (Å²) in [6, 6.07) is 56.2. The Morgan fingerprint density at radius 2 is 1.00 bits per heavy atom. The summed E-state index contributed by atoms with van der Waals surface area (Å²) in [5.41, 5.74) is 8.63. The normalized spacial score (nSPS) is 12.2. The zero-order valence-corrected chi connectivity index (χ0v) is 30.6. The fourth-order valence-corrected chi connectivity index (χ4v) is 8.63. The predicted octanol–water partition coefficient (Wildman–Crippen LogP) is 13.6. The summed E-state index contributed by atoms with van der Waals surface area (Å²) in [5, 5.41) is 7.31. The minimum Gasteiger partial charge on any atom is -0.309 e. The van der Waals surface area contributed by atoms with Crippen molar-refractivity contribution in [3.8, 4) is 34.0 Å². The van der Waals surface area contributed by atoms with E-state index in [1.54, 1.807) is 13.0 Å². The first kappa shape index (κ1) is 33.1. The Bertz CT molecular complexity index is 3360. The number of nitrogens with zero attached hydrogens (tertiary/aromatic N) is 4. The van der Waals surface area contributed by atoms with Crippen LogP contribution in [0.3, 0.4) is 0 Å². The molecule has 0 saturated carbocycles. The van der Waals surface area contributed by atoms with Crippen LogP contribution in [0.1, 0.15) is 11.1 Å². The molecule has 0 amide bonds. The maximum atomic E-state index is 14.0. The topological polar surface area (TPSA) is 35.6 Å². The van der Waals surface area contributed by atoms with Crippen molar-refractivity contribution in [2.45, 2.75) is 13.1 Å². The van der Waals surface area contributed by atoms with E-state index in [0.29, 0.717) is 33.5 Å². The van der Waals surface area contributed by atoms with Crippen LogP contribution in [-0.2, 0) is 6.18 Å². The number of aromatic nitrogens is 4. The first-order chi connectivity index (χ1) is 27.8. The average molecular weight is 745 g/mol. The minimum absolute atomic E-state index is 0.397. The number of hydrogen-bond acceptors (Lipinski definition) is 2. The smallest absolute Gasteiger partial charge is 0.309 e. The Morgan fingerprint density at radius 1 is 0.439 bits per heavy atom. The van der Waals surface area contributed by atoms with E-state index in [1.165, 1.54) is 22.9 Å². The molecule has 0 radical (unpaired) electrons. The van der Waals surface area contributed by atoms with Gasteiger partial charge in [0.2, 0.25) is 0 Å². The van der Waals surface area contributed by atoms with Crippen LogP contribution in [0.2, 0.25) is 0 Å². The van der Waals surface area contributed by atoms with E-state index in [4.69, 9.17) is 9.97 Å². The van der Waals surface area contributed by atoms with Gasteiger partial charge in [-0.25, -0.2) is 9.97 Å². The zero-order chi connectivity index (χ0) is 38.4. The molecule has 0 aliphatic carbocycles. The molecule has 11 aromatic rings. The molecule has 7 heteroatoms. The molecule has 0 N–H and O–H groups in total. The number of hydrogen-bond donors (Lipinski definition) is 0. The van der Waals surface area contributed by atoms with Gasteiger partial charge in [0.05, 0.1) is 38.8 Å². The quantitative estimate of drug-likeness (QED) is 0.168. The molecule has 11 rings (SSSR count). The lowest BCUT2D eigenvalue weighted by molar-refractivity contribution is -0.137. The predicted molar refractivity (Wildman–Crippen MR) is 226 cm³/mol. The molecule has 0 saturated heterocycles. The lowest BCUT2D eigenvalue weighted by Gasteiger charge is -2.14. The van der Waals surface area contributed by atoms with Crippen LogP contribution in [0.4, 0.5) is 13.2 Å². The number of halogens is 3. The highest BCUT2D eigenvalue weighted by Crippen LogP contribution is 2.39. The molecule has 3 heterocycles. The van der Waals surface area contributed by atoms with Gasteiger partial charge in [0, 0.05) is 54.8 Å². The summed E-state index contributed by atoms with van der Waals surface area (Å²) in [6.07, 6.45) is -4.49. The lowest BCUT2D eigenvalue weighted by Crippen LogP contribution is -2.06. The molecule has 0 aliphatic rings. The molecule has 0 fully saturated rings. The second-order valence-electron chi connectivity index (χ2n) is 14.6. The molecule has 0 aliphatic heterocycles. The van der Waals surface area contributed by atoms with Gasteiger partial charge in [-0.3, -0.25) is 0 Å². The summed E-state index contributed by atoms with van der Waals surface area (Å²) >= 11 is 0. The largest absolute Gasteiger partial charge is 0.416 e. The first-order valence-corrected chi connectivity index (χ1v) is 18.8. The zero-order valence-electron chi connectivity index (χ0n) is 30.6. The molecule has 0 spiro atoms. The van der Waals surface area contributed by atoms with Crippen LogP contribution in [0.15, 0.2) is 170 Å². The van der Waals surface area contributed by atoms with Crippen molar-refractivity contribution >= 4 is 65.3 Å². The summed E-state index contributed by atoms with van der Waals surface area (Å²) < 4.78 is 46.7. The molecule has 4 nitrogen and oxygen atoms in total. The van der Waals surface area contributed by atoms with Gasteiger partial charge in [0.1, 0.15) is 0 Å². The van der Waals surface area contributed by atoms with Gasteiger partial charge in [0.15, 0.2) is 5.82 Å². The monoisotopic (exact) mass is 744 g/mol. The highest BCUT2D eigenvalue weighted by Gasteiger charge is 2.31. The van der Waals surface area contributed by atoms with Crippen molar-refractivity contribution in [1.82, 2.24) is 19.1 Å². The average Bonchev–Trinajstić information content (AvgIpc) is 3.75. The van der Waals surface area contributed by atoms with E-state index in [0.717, 1.165) is 60.5 Å². The van der Waals surface area contributed by atoms with Crippen LogP contribution in [0, 0.1) is 6.92 Å². The molecule has 0 atom stereocenters. The van der Waals surface area contributed by atoms with Crippen molar-refractivity contribution < 1.29 is 13.2 Å². The number of rotatable bonds is 4. The molecular formula is C50H31F3N4. The van der Waals surface area contributed by atoms with E-state index in [9.17, 15) is 13.2 Å². The SMILES string of the molecule is Cc1cc(-c2nc(-c3ccc(-n4c5ccccc5c5cc(-n6c7ccccc7c7ccccc76)ccc54)cc3)nc3c2ccc2ccccc23)cc(C(F)(F)F)c1. The fraction of sp³-hybridized carbons (Fsp3) is 0.0400. The maximum Gasteiger partial charge on any atom is 0.416 e. The molecule has 3 aromatic heterocycles. The standard InChI is InChI=1S/C50H31F3N4/c1-30-26-33(28-34(27-30)50(51,52)53)47-41-24-20-31-10-2-3-11-37(31)48(41)55-49(54-47)32-18-21-35(22-19-32)56-45-17-9-6-14-40(45)42-29-36(23-25-46(42)56)57-43-15-7-4-12-38(43)39-13-5-8-16-44(39)57/h2-29H,1H3. The summed E-state index contributed by atoms with van der Waals surface area (Å²) in [5.74, 6) is 0.438. The Kier molecular flexibility index (Phi) is 7.19. The molecule has 0 bridgehead atoms. The second-order valence-corrected chi connectivity index (χ2v) is 14.6. The van der Waals surface area contributed by atoms with E-state index in [2.05, 4.69) is 112 Å². The van der Waals surface area contributed by atoms with E-state index >= 15 is 0 Å². The third-order valence-corrected chi connectivity index (χ3v) is 11.1. The Hall–Kier alpha value is -7.25. The highest BCUT2D eigenvalue weighted by atomic mass is 19.4. The summed E-state index contributed by atoms with van der Waals surface area (Å²) in [4.78, 5) is 10.1. The molecule has 272 valence electrons. The van der Waals surface area contributed by atoms with Crippen LogP contribution >= 0.6 is 0 Å². The van der Waals surface area contributed by atoms with E-state index < -0.39 is 11.7 Å². The van der Waals surface area contributed by atoms with Crippen LogP contribution in [0.25, 0.3) is 99.3 Å². The third-order valence-electron chi connectivity index (χ3n) is 11.1. The van der Waals surface area contributed by atoms with Crippen molar-refractivity contribution in [1.29, 1.82) is 0 Å². The number of alkyl halides is 3.